The highest BCUT2D eigenvalue weighted by atomic mass is 32.1. The molecular formula is C18H24N4O2S. The summed E-state index contributed by atoms with van der Waals surface area (Å²) in [6.45, 7) is 7.75. The summed E-state index contributed by atoms with van der Waals surface area (Å²) in [5.41, 5.74) is 1.98. The normalized spacial score (nSPS) is 16.0. The number of nitrogens with zero attached hydrogens (tertiary/aromatic N) is 4. The standard InChI is InChI=1S/C18H24N4O2S/c1-13-5-6-16(17(23)20(13)3)18(24)22-8-4-7-21(9-10-22)11-15-12-25-14(2)19-15/h5-6,12H,4,7-11H2,1-3H3. The Morgan fingerprint density at radius 1 is 1.20 bits per heavy atom. The van der Waals surface area contributed by atoms with E-state index in [1.807, 2.05) is 19.9 Å². The molecule has 1 amide bonds. The van der Waals surface area contributed by atoms with Crippen molar-refractivity contribution < 1.29 is 4.79 Å². The van der Waals surface area contributed by atoms with Crippen LogP contribution in [-0.4, -0.2) is 51.4 Å². The first-order chi connectivity index (χ1) is 12.0. The van der Waals surface area contributed by atoms with Gasteiger partial charge < -0.3 is 9.47 Å². The number of aromatic nitrogens is 2. The zero-order valence-corrected chi connectivity index (χ0v) is 15.8. The van der Waals surface area contributed by atoms with Crippen LogP contribution in [0.25, 0.3) is 0 Å². The zero-order chi connectivity index (χ0) is 18.0. The maximum atomic E-state index is 12.8. The highest BCUT2D eigenvalue weighted by Gasteiger charge is 2.23. The number of amides is 1. The van der Waals surface area contributed by atoms with E-state index in [4.69, 9.17) is 0 Å². The number of rotatable bonds is 3. The summed E-state index contributed by atoms with van der Waals surface area (Å²) in [5.74, 6) is -0.160. The molecule has 0 unspecified atom stereocenters. The van der Waals surface area contributed by atoms with E-state index >= 15 is 0 Å². The molecule has 0 saturated carbocycles. The maximum absolute atomic E-state index is 12.8. The van der Waals surface area contributed by atoms with Gasteiger partial charge in [-0.05, 0) is 32.4 Å². The number of hydrogen-bond donors (Lipinski definition) is 0. The molecule has 25 heavy (non-hydrogen) atoms. The molecule has 134 valence electrons. The van der Waals surface area contributed by atoms with Crippen LogP contribution in [0.2, 0.25) is 0 Å². The number of thiazole rings is 1. The topological polar surface area (TPSA) is 58.4 Å². The molecule has 3 heterocycles. The van der Waals surface area contributed by atoms with Gasteiger partial charge in [-0.15, -0.1) is 11.3 Å². The van der Waals surface area contributed by atoms with Gasteiger partial charge in [0.1, 0.15) is 5.56 Å². The lowest BCUT2D eigenvalue weighted by atomic mass is 10.2. The van der Waals surface area contributed by atoms with Crippen molar-refractivity contribution >= 4 is 17.2 Å². The average Bonchev–Trinajstić information content (AvgIpc) is 2.85. The minimum absolute atomic E-state index is 0.160. The molecule has 1 aliphatic rings. The first-order valence-corrected chi connectivity index (χ1v) is 9.43. The highest BCUT2D eigenvalue weighted by Crippen LogP contribution is 2.13. The van der Waals surface area contributed by atoms with Crippen molar-refractivity contribution in [1.29, 1.82) is 0 Å². The molecule has 0 aliphatic carbocycles. The molecule has 2 aromatic heterocycles. The largest absolute Gasteiger partial charge is 0.337 e. The van der Waals surface area contributed by atoms with Crippen LogP contribution in [0, 0.1) is 13.8 Å². The second-order valence-corrected chi connectivity index (χ2v) is 7.59. The molecule has 6 nitrogen and oxygen atoms in total. The summed E-state index contributed by atoms with van der Waals surface area (Å²) in [6.07, 6.45) is 0.904. The van der Waals surface area contributed by atoms with Gasteiger partial charge in [0, 0.05) is 50.8 Å². The van der Waals surface area contributed by atoms with E-state index in [0.29, 0.717) is 13.1 Å². The molecule has 7 heteroatoms. The van der Waals surface area contributed by atoms with E-state index in [0.717, 1.165) is 42.5 Å². The van der Waals surface area contributed by atoms with Gasteiger partial charge in [0.25, 0.3) is 11.5 Å². The van der Waals surface area contributed by atoms with E-state index in [1.54, 1.807) is 29.4 Å². The molecule has 1 saturated heterocycles. The van der Waals surface area contributed by atoms with Crippen molar-refractivity contribution in [2.24, 2.45) is 7.05 Å². The Kier molecular flexibility index (Phi) is 5.34. The zero-order valence-electron chi connectivity index (χ0n) is 15.0. The molecule has 1 fully saturated rings. The molecule has 0 spiro atoms. The fourth-order valence-corrected chi connectivity index (χ4v) is 3.71. The van der Waals surface area contributed by atoms with Gasteiger partial charge in [-0.25, -0.2) is 4.98 Å². The summed E-state index contributed by atoms with van der Waals surface area (Å²) >= 11 is 1.67. The third kappa shape index (κ3) is 3.99. The predicted octanol–water partition coefficient (Wildman–Crippen LogP) is 1.81. The molecule has 3 rings (SSSR count). The van der Waals surface area contributed by atoms with Gasteiger partial charge in [0.15, 0.2) is 0 Å². The molecule has 2 aromatic rings. The first-order valence-electron chi connectivity index (χ1n) is 8.55. The van der Waals surface area contributed by atoms with Crippen molar-refractivity contribution in [1.82, 2.24) is 19.4 Å². The van der Waals surface area contributed by atoms with E-state index in [9.17, 15) is 9.59 Å². The Morgan fingerprint density at radius 3 is 2.72 bits per heavy atom. The molecule has 0 N–H and O–H groups in total. The molecule has 0 aromatic carbocycles. The lowest BCUT2D eigenvalue weighted by molar-refractivity contribution is 0.0758. The number of carbonyl (C=O) groups is 1. The number of carbonyl (C=O) groups excluding carboxylic acids is 1. The first kappa shape index (κ1) is 17.8. The maximum Gasteiger partial charge on any atom is 0.263 e. The smallest absolute Gasteiger partial charge is 0.263 e. The van der Waals surface area contributed by atoms with Gasteiger partial charge in [0.05, 0.1) is 10.7 Å². The van der Waals surface area contributed by atoms with Crippen molar-refractivity contribution in [3.8, 4) is 0 Å². The number of hydrogen-bond acceptors (Lipinski definition) is 5. The lowest BCUT2D eigenvalue weighted by Gasteiger charge is -2.21. The van der Waals surface area contributed by atoms with Crippen LogP contribution in [0.15, 0.2) is 22.3 Å². The van der Waals surface area contributed by atoms with Crippen LogP contribution in [-0.2, 0) is 13.6 Å². The molecular weight excluding hydrogens is 336 g/mol. The van der Waals surface area contributed by atoms with Gasteiger partial charge in [0.2, 0.25) is 0 Å². The van der Waals surface area contributed by atoms with Crippen LogP contribution in [0.1, 0.15) is 33.2 Å². The Labute approximate surface area is 151 Å². The summed E-state index contributed by atoms with van der Waals surface area (Å²) in [5, 5.41) is 3.18. The second kappa shape index (κ2) is 7.49. The number of aryl methyl sites for hydroxylation is 2. The fraction of sp³-hybridized carbons (Fsp3) is 0.500. The van der Waals surface area contributed by atoms with Crippen LogP contribution in [0.5, 0.6) is 0 Å². The van der Waals surface area contributed by atoms with Crippen molar-refractivity contribution in [2.75, 3.05) is 26.2 Å². The third-order valence-corrected chi connectivity index (χ3v) is 5.54. The highest BCUT2D eigenvalue weighted by molar-refractivity contribution is 7.09. The van der Waals surface area contributed by atoms with Gasteiger partial charge >= 0.3 is 0 Å². The SMILES string of the molecule is Cc1nc(CN2CCCN(C(=O)c3ccc(C)n(C)c3=O)CC2)cs1. The molecule has 0 atom stereocenters. The molecule has 0 bridgehead atoms. The van der Waals surface area contributed by atoms with E-state index in [-0.39, 0.29) is 17.0 Å². The minimum atomic E-state index is -0.218. The van der Waals surface area contributed by atoms with Crippen molar-refractivity contribution in [3.63, 3.8) is 0 Å². The van der Waals surface area contributed by atoms with Gasteiger partial charge in [-0.2, -0.15) is 0 Å². The van der Waals surface area contributed by atoms with Crippen LogP contribution < -0.4 is 5.56 Å². The Hall–Kier alpha value is -1.99. The molecule has 0 radical (unpaired) electrons. The van der Waals surface area contributed by atoms with Crippen molar-refractivity contribution in [3.05, 3.63) is 49.8 Å². The van der Waals surface area contributed by atoms with Crippen LogP contribution in [0.3, 0.4) is 0 Å². The Bertz CT molecular complexity index is 827. The predicted molar refractivity (Wildman–Crippen MR) is 99.1 cm³/mol. The van der Waals surface area contributed by atoms with Crippen molar-refractivity contribution in [2.45, 2.75) is 26.8 Å². The third-order valence-electron chi connectivity index (χ3n) is 4.71. The monoisotopic (exact) mass is 360 g/mol. The molecule has 1 aliphatic heterocycles. The summed E-state index contributed by atoms with van der Waals surface area (Å²) in [6, 6.07) is 3.48. The summed E-state index contributed by atoms with van der Waals surface area (Å²) in [7, 11) is 1.70. The van der Waals surface area contributed by atoms with Crippen LogP contribution >= 0.6 is 11.3 Å². The fourth-order valence-electron chi connectivity index (χ4n) is 3.10. The Morgan fingerprint density at radius 2 is 2.00 bits per heavy atom. The lowest BCUT2D eigenvalue weighted by Crippen LogP contribution is -2.39. The second-order valence-electron chi connectivity index (χ2n) is 6.53. The average molecular weight is 360 g/mol. The van der Waals surface area contributed by atoms with Gasteiger partial charge in [-0.3, -0.25) is 14.5 Å². The number of pyridine rings is 1. The quantitative estimate of drug-likeness (QED) is 0.838. The Balaban J connectivity index is 1.67. The van der Waals surface area contributed by atoms with Crippen LogP contribution in [0.4, 0.5) is 0 Å². The van der Waals surface area contributed by atoms with E-state index in [1.165, 1.54) is 4.57 Å². The van der Waals surface area contributed by atoms with Gasteiger partial charge in [-0.1, -0.05) is 0 Å². The van der Waals surface area contributed by atoms with E-state index < -0.39 is 0 Å². The van der Waals surface area contributed by atoms with E-state index in [2.05, 4.69) is 15.3 Å². The minimum Gasteiger partial charge on any atom is -0.337 e. The summed E-state index contributed by atoms with van der Waals surface area (Å²) in [4.78, 5) is 33.8. The summed E-state index contributed by atoms with van der Waals surface area (Å²) < 4.78 is 1.53.